The number of hydrogen-bond acceptors (Lipinski definition) is 4. The molecule has 2 aromatic carbocycles. The van der Waals surface area contributed by atoms with Gasteiger partial charge in [-0.15, -0.1) is 23.1 Å². The van der Waals surface area contributed by atoms with Crippen LogP contribution in [-0.4, -0.2) is 16.6 Å². The third kappa shape index (κ3) is 4.67. The quantitative estimate of drug-likeness (QED) is 0.586. The van der Waals surface area contributed by atoms with Crippen molar-refractivity contribution < 1.29 is 4.79 Å². The van der Waals surface area contributed by atoms with Crippen molar-refractivity contribution in [2.45, 2.75) is 4.90 Å². The molecule has 0 saturated carbocycles. The Kier molecular flexibility index (Phi) is 5.48. The summed E-state index contributed by atoms with van der Waals surface area (Å²) in [5.74, 6) is 0.371. The summed E-state index contributed by atoms with van der Waals surface area (Å²) in [6.07, 6.45) is 1.79. The standard InChI is InChI=1S/C17H13BrN2OS2/c18-13-3-7-15(8-4-13)23-11-16(21)20-14-5-1-12(2-6-14)17-19-9-10-22-17/h1-10H,11H2,(H,20,21). The van der Waals surface area contributed by atoms with E-state index in [1.54, 1.807) is 17.5 Å². The SMILES string of the molecule is O=C(CSc1ccc(Br)cc1)Nc1ccc(-c2nccs2)cc1. The molecule has 6 heteroatoms. The molecule has 0 atom stereocenters. The molecule has 0 spiro atoms. The first-order valence-corrected chi connectivity index (χ1v) is 9.55. The first kappa shape index (κ1) is 16.2. The van der Waals surface area contributed by atoms with Crippen LogP contribution in [0.25, 0.3) is 10.6 Å². The zero-order valence-electron chi connectivity index (χ0n) is 12.0. The Labute approximate surface area is 151 Å². The molecule has 3 nitrogen and oxygen atoms in total. The molecule has 0 unspecified atom stereocenters. The number of amides is 1. The number of halogens is 1. The van der Waals surface area contributed by atoms with E-state index in [4.69, 9.17) is 0 Å². The summed E-state index contributed by atoms with van der Waals surface area (Å²) >= 11 is 6.51. The number of thioether (sulfide) groups is 1. The molecule has 0 fully saturated rings. The van der Waals surface area contributed by atoms with Crippen molar-refractivity contribution in [1.29, 1.82) is 0 Å². The van der Waals surface area contributed by atoms with Gasteiger partial charge in [0.2, 0.25) is 5.91 Å². The fourth-order valence-corrected chi connectivity index (χ4v) is 3.55. The average molecular weight is 405 g/mol. The lowest BCUT2D eigenvalue weighted by Crippen LogP contribution is -2.13. The predicted octanol–water partition coefficient (Wildman–Crippen LogP) is 5.30. The molecular formula is C17H13BrN2OS2. The molecule has 23 heavy (non-hydrogen) atoms. The lowest BCUT2D eigenvalue weighted by Gasteiger charge is -2.06. The van der Waals surface area contributed by atoms with Crippen molar-refractivity contribution in [3.8, 4) is 10.6 Å². The van der Waals surface area contributed by atoms with E-state index in [0.29, 0.717) is 5.75 Å². The number of thiazole rings is 1. The molecule has 3 rings (SSSR count). The van der Waals surface area contributed by atoms with Gasteiger partial charge >= 0.3 is 0 Å². The largest absolute Gasteiger partial charge is 0.325 e. The summed E-state index contributed by atoms with van der Waals surface area (Å²) in [5, 5.41) is 5.84. The highest BCUT2D eigenvalue weighted by atomic mass is 79.9. The maximum absolute atomic E-state index is 12.0. The van der Waals surface area contributed by atoms with Gasteiger partial charge in [-0.1, -0.05) is 15.9 Å². The number of aromatic nitrogens is 1. The van der Waals surface area contributed by atoms with Crippen LogP contribution in [0.2, 0.25) is 0 Å². The molecule has 1 N–H and O–H groups in total. The van der Waals surface area contributed by atoms with Gasteiger partial charge in [-0.3, -0.25) is 4.79 Å². The molecule has 0 saturated heterocycles. The van der Waals surface area contributed by atoms with Crippen LogP contribution in [0.1, 0.15) is 0 Å². The maximum Gasteiger partial charge on any atom is 0.234 e. The van der Waals surface area contributed by atoms with Crippen LogP contribution in [0.15, 0.2) is 69.5 Å². The fourth-order valence-electron chi connectivity index (χ4n) is 1.94. The van der Waals surface area contributed by atoms with Gasteiger partial charge in [0, 0.05) is 32.2 Å². The zero-order valence-corrected chi connectivity index (χ0v) is 15.2. The van der Waals surface area contributed by atoms with Gasteiger partial charge in [-0.25, -0.2) is 4.98 Å². The minimum absolute atomic E-state index is 0.0140. The summed E-state index contributed by atoms with van der Waals surface area (Å²) in [4.78, 5) is 17.4. The number of nitrogens with zero attached hydrogens (tertiary/aromatic N) is 1. The number of carbonyl (C=O) groups excluding carboxylic acids is 1. The van der Waals surface area contributed by atoms with Crippen LogP contribution in [-0.2, 0) is 4.79 Å². The lowest BCUT2D eigenvalue weighted by molar-refractivity contribution is -0.113. The first-order chi connectivity index (χ1) is 11.2. The maximum atomic E-state index is 12.0. The van der Waals surface area contributed by atoms with Crippen molar-refractivity contribution in [3.63, 3.8) is 0 Å². The van der Waals surface area contributed by atoms with Gasteiger partial charge in [-0.2, -0.15) is 0 Å². The van der Waals surface area contributed by atoms with Crippen molar-refractivity contribution in [3.05, 3.63) is 64.6 Å². The number of rotatable bonds is 5. The molecule has 0 aliphatic heterocycles. The van der Waals surface area contributed by atoms with Crippen LogP contribution in [0.3, 0.4) is 0 Å². The third-order valence-corrected chi connectivity index (χ3v) is 5.39. The van der Waals surface area contributed by atoms with E-state index in [-0.39, 0.29) is 5.91 Å². The van der Waals surface area contributed by atoms with Crippen molar-refractivity contribution in [2.75, 3.05) is 11.1 Å². The van der Waals surface area contributed by atoms with E-state index in [2.05, 4.69) is 26.2 Å². The van der Waals surface area contributed by atoms with Crippen molar-refractivity contribution in [1.82, 2.24) is 4.98 Å². The highest BCUT2D eigenvalue weighted by Gasteiger charge is 2.05. The summed E-state index contributed by atoms with van der Waals surface area (Å²) < 4.78 is 1.03. The van der Waals surface area contributed by atoms with E-state index in [0.717, 1.165) is 25.6 Å². The van der Waals surface area contributed by atoms with E-state index >= 15 is 0 Å². The Morgan fingerprint density at radius 2 is 1.87 bits per heavy atom. The molecule has 0 radical (unpaired) electrons. The summed E-state index contributed by atoms with van der Waals surface area (Å²) in [5.41, 5.74) is 1.86. The minimum Gasteiger partial charge on any atom is -0.325 e. The second-order valence-corrected chi connectivity index (χ2v) is 7.56. The zero-order chi connectivity index (χ0) is 16.1. The van der Waals surface area contributed by atoms with Gasteiger partial charge in [0.25, 0.3) is 0 Å². The molecule has 0 bridgehead atoms. The van der Waals surface area contributed by atoms with Crippen LogP contribution >= 0.6 is 39.0 Å². The summed E-state index contributed by atoms with van der Waals surface area (Å²) in [6, 6.07) is 15.7. The van der Waals surface area contributed by atoms with Gasteiger partial charge in [0.1, 0.15) is 5.01 Å². The molecule has 3 aromatic rings. The number of carbonyl (C=O) groups is 1. The molecule has 1 heterocycles. The Morgan fingerprint density at radius 1 is 1.13 bits per heavy atom. The molecular weight excluding hydrogens is 392 g/mol. The molecule has 0 aliphatic carbocycles. The minimum atomic E-state index is -0.0140. The Bertz CT molecular complexity index is 771. The molecule has 1 aromatic heterocycles. The number of nitrogens with one attached hydrogen (secondary N) is 1. The number of benzene rings is 2. The van der Waals surface area contributed by atoms with Crippen LogP contribution in [0, 0.1) is 0 Å². The van der Waals surface area contributed by atoms with Crippen LogP contribution in [0.4, 0.5) is 5.69 Å². The first-order valence-electron chi connectivity index (χ1n) is 6.89. The Morgan fingerprint density at radius 3 is 2.52 bits per heavy atom. The fraction of sp³-hybridized carbons (Fsp3) is 0.0588. The number of anilines is 1. The summed E-state index contributed by atoms with van der Waals surface area (Å²) in [6.45, 7) is 0. The lowest BCUT2D eigenvalue weighted by atomic mass is 10.2. The smallest absolute Gasteiger partial charge is 0.234 e. The van der Waals surface area contributed by atoms with E-state index in [1.165, 1.54) is 11.8 Å². The van der Waals surface area contributed by atoms with E-state index in [1.807, 2.05) is 53.9 Å². The van der Waals surface area contributed by atoms with Gasteiger partial charge in [-0.05, 0) is 48.5 Å². The third-order valence-electron chi connectivity index (χ3n) is 3.03. The highest BCUT2D eigenvalue weighted by Crippen LogP contribution is 2.24. The van der Waals surface area contributed by atoms with E-state index < -0.39 is 0 Å². The average Bonchev–Trinajstić information content (AvgIpc) is 3.09. The van der Waals surface area contributed by atoms with Crippen molar-refractivity contribution >= 4 is 50.6 Å². The summed E-state index contributed by atoms with van der Waals surface area (Å²) in [7, 11) is 0. The van der Waals surface area contributed by atoms with Crippen molar-refractivity contribution in [2.24, 2.45) is 0 Å². The molecule has 116 valence electrons. The second kappa shape index (κ2) is 7.77. The van der Waals surface area contributed by atoms with E-state index in [9.17, 15) is 4.79 Å². The van der Waals surface area contributed by atoms with Gasteiger partial charge in [0.15, 0.2) is 0 Å². The topological polar surface area (TPSA) is 42.0 Å². The normalized spacial score (nSPS) is 10.5. The predicted molar refractivity (Wildman–Crippen MR) is 101 cm³/mol. The van der Waals surface area contributed by atoms with Crippen LogP contribution < -0.4 is 5.32 Å². The highest BCUT2D eigenvalue weighted by molar-refractivity contribution is 9.10. The molecule has 0 aliphatic rings. The van der Waals surface area contributed by atoms with Gasteiger partial charge < -0.3 is 5.32 Å². The Balaban J connectivity index is 1.54. The molecule has 1 amide bonds. The Hall–Kier alpha value is -1.63. The monoisotopic (exact) mass is 404 g/mol. The number of hydrogen-bond donors (Lipinski definition) is 1. The van der Waals surface area contributed by atoms with Crippen LogP contribution in [0.5, 0.6) is 0 Å². The second-order valence-electron chi connectivity index (χ2n) is 4.71. The van der Waals surface area contributed by atoms with Gasteiger partial charge in [0.05, 0.1) is 5.75 Å².